The summed E-state index contributed by atoms with van der Waals surface area (Å²) in [5, 5.41) is 14.4. The Bertz CT molecular complexity index is 1580. The third-order valence-electron chi connectivity index (χ3n) is 5.16. The fraction of sp³-hybridized carbons (Fsp3) is 0.0400. The molecule has 182 valence electrons. The summed E-state index contributed by atoms with van der Waals surface area (Å²) >= 11 is 6.41. The van der Waals surface area contributed by atoms with Crippen molar-refractivity contribution in [3.63, 3.8) is 0 Å². The number of rotatable bonds is 3. The Labute approximate surface area is 206 Å². The van der Waals surface area contributed by atoms with E-state index in [1.807, 2.05) is 89.7 Å². The molecule has 5 rings (SSSR count). The van der Waals surface area contributed by atoms with E-state index in [9.17, 15) is 18.0 Å². The van der Waals surface area contributed by atoms with Gasteiger partial charge >= 0.3 is 6.18 Å². The third-order valence-corrected chi connectivity index (χ3v) is 5.49. The Morgan fingerprint density at radius 2 is 1.72 bits per heavy atom. The van der Waals surface area contributed by atoms with E-state index < -0.39 is 12.1 Å². The Kier molecular flexibility index (Phi) is 6.89. The minimum Gasteiger partial charge on any atom is -0.542 e. The first-order valence-electron chi connectivity index (χ1n) is 10.4. The molecular weight excluding hydrogens is 497 g/mol. The molecule has 0 radical (unpaired) electrons. The third kappa shape index (κ3) is 5.13. The summed E-state index contributed by atoms with van der Waals surface area (Å²) in [6.07, 6.45) is 0.461. The molecule has 0 aliphatic heterocycles. The predicted molar refractivity (Wildman–Crippen MR) is 124 cm³/mol. The maximum absolute atomic E-state index is 13.2. The van der Waals surface area contributed by atoms with Crippen LogP contribution in [0.2, 0.25) is 5.02 Å². The number of H-pyrrole nitrogens is 2. The van der Waals surface area contributed by atoms with Crippen molar-refractivity contribution in [2.24, 2.45) is 0 Å². The summed E-state index contributed by atoms with van der Waals surface area (Å²) in [5.74, 6) is -2.47. The number of aromatic amines is 2. The average Bonchev–Trinajstić information content (AvgIpc) is 3.24. The zero-order valence-corrected chi connectivity index (χ0v) is 19.0. The smallest absolute Gasteiger partial charge is 0.430 e. The minimum atomic E-state index is -5.19. The molecule has 36 heavy (non-hydrogen) atoms. The largest absolute Gasteiger partial charge is 0.542 e. The molecule has 0 aliphatic carbocycles. The average molecular weight is 514 g/mol. The molecule has 0 spiro atoms. The number of fused-ring (bicyclic) bond motifs is 2. The van der Waals surface area contributed by atoms with Gasteiger partial charge in [0.1, 0.15) is 5.97 Å². The number of nitrogens with zero attached hydrogens (tertiary/aromatic N) is 1. The molecule has 0 bridgehead atoms. The van der Waals surface area contributed by atoms with Gasteiger partial charge in [-0.1, -0.05) is 35.9 Å². The number of carbonyl (C=O) groups is 2. The molecule has 3 aromatic heterocycles. The number of carboxylic acid groups (broad SMARTS) is 1. The summed E-state index contributed by atoms with van der Waals surface area (Å²) in [6.45, 7) is 0. The van der Waals surface area contributed by atoms with E-state index in [-0.39, 0.29) is 5.91 Å². The second-order valence-corrected chi connectivity index (χ2v) is 7.88. The van der Waals surface area contributed by atoms with E-state index in [0.29, 0.717) is 10.7 Å². The highest BCUT2D eigenvalue weighted by Crippen LogP contribution is 2.27. The predicted octanol–water partition coefficient (Wildman–Crippen LogP) is 3.59. The number of halogens is 4. The number of amides is 1. The van der Waals surface area contributed by atoms with Crippen LogP contribution in [-0.4, -0.2) is 23.0 Å². The van der Waals surface area contributed by atoms with Crippen molar-refractivity contribution in [1.82, 2.24) is 4.98 Å². The number of pyridine rings is 2. The van der Waals surface area contributed by atoms with Gasteiger partial charge in [-0.05, 0) is 36.4 Å². The Morgan fingerprint density at radius 1 is 1.00 bits per heavy atom. The highest BCUT2D eigenvalue weighted by molar-refractivity contribution is 6.33. The number of nitrogens with one attached hydrogen (secondary N) is 3. The highest BCUT2D eigenvalue weighted by atomic mass is 35.5. The van der Waals surface area contributed by atoms with Gasteiger partial charge in [0.05, 0.1) is 16.8 Å². The van der Waals surface area contributed by atoms with Gasteiger partial charge in [-0.2, -0.15) is 17.6 Å². The molecule has 11 heteroatoms. The van der Waals surface area contributed by atoms with Gasteiger partial charge in [-0.25, -0.2) is 9.97 Å². The topological polar surface area (TPSA) is 103 Å². The van der Waals surface area contributed by atoms with Gasteiger partial charge in [-0.15, -0.1) is 0 Å². The van der Waals surface area contributed by atoms with E-state index in [4.69, 9.17) is 21.5 Å². The summed E-state index contributed by atoms with van der Waals surface area (Å²) in [4.78, 5) is 28.3. The fourth-order valence-electron chi connectivity index (χ4n) is 3.57. The summed E-state index contributed by atoms with van der Waals surface area (Å²) < 4.78 is 33.5. The van der Waals surface area contributed by atoms with Crippen molar-refractivity contribution in [3.8, 4) is 11.4 Å². The number of hydrogen-bond donors (Lipinski definition) is 2. The molecule has 2 aromatic carbocycles. The quantitative estimate of drug-likeness (QED) is 0.360. The van der Waals surface area contributed by atoms with Crippen LogP contribution in [0.25, 0.3) is 27.7 Å². The van der Waals surface area contributed by atoms with E-state index in [0.717, 1.165) is 33.4 Å². The van der Waals surface area contributed by atoms with E-state index in [2.05, 4.69) is 15.3 Å². The number of carbonyl (C=O) groups excluding carboxylic acids is 2. The summed E-state index contributed by atoms with van der Waals surface area (Å²) in [5.41, 5.74) is 2.83. The van der Waals surface area contributed by atoms with Crippen molar-refractivity contribution in [2.75, 3.05) is 5.32 Å². The lowest BCUT2D eigenvalue weighted by Gasteiger charge is -2.05. The monoisotopic (exact) mass is 513 g/mol. The second kappa shape index (κ2) is 10.0. The molecule has 3 N–H and O–H groups in total. The van der Waals surface area contributed by atoms with Crippen molar-refractivity contribution >= 4 is 45.5 Å². The molecule has 1 amide bonds. The van der Waals surface area contributed by atoms with Gasteiger partial charge in [0.25, 0.3) is 11.7 Å². The van der Waals surface area contributed by atoms with Gasteiger partial charge in [-0.3, -0.25) is 4.79 Å². The maximum Gasteiger partial charge on any atom is 0.430 e. The zero-order chi connectivity index (χ0) is 25.9. The van der Waals surface area contributed by atoms with Crippen LogP contribution in [0, 0.1) is 0 Å². The van der Waals surface area contributed by atoms with Gasteiger partial charge in [0, 0.05) is 22.5 Å². The number of carboxylic acids is 1. The first-order chi connectivity index (χ1) is 17.2. The molecule has 0 unspecified atom stereocenters. The van der Waals surface area contributed by atoms with Crippen molar-refractivity contribution in [3.05, 3.63) is 96.0 Å². The van der Waals surface area contributed by atoms with Gasteiger partial charge in [0.15, 0.2) is 17.9 Å². The fourth-order valence-corrected chi connectivity index (χ4v) is 3.79. The number of benzene rings is 2. The Hall–Kier alpha value is -4.44. The first kappa shape index (κ1) is 24.7. The minimum absolute atomic E-state index is 0.215. The maximum atomic E-state index is 13.2. The number of aromatic nitrogens is 3. The van der Waals surface area contributed by atoms with E-state index in [1.165, 1.54) is 0 Å². The highest BCUT2D eigenvalue weighted by Gasteiger charge is 2.29. The van der Waals surface area contributed by atoms with Crippen molar-refractivity contribution in [1.29, 1.82) is 0 Å². The van der Waals surface area contributed by atoms with Crippen LogP contribution in [0.1, 0.15) is 10.5 Å². The number of anilines is 1. The second-order valence-electron chi connectivity index (χ2n) is 7.48. The Morgan fingerprint density at radius 3 is 2.44 bits per heavy atom. The molecule has 0 saturated carbocycles. The number of alkyl halides is 3. The van der Waals surface area contributed by atoms with E-state index in [1.54, 1.807) is 0 Å². The van der Waals surface area contributed by atoms with Crippen LogP contribution in [0.15, 0.2) is 85.3 Å². The molecule has 0 atom stereocenters. The number of aliphatic carboxylic acids is 1. The number of hydrogen-bond acceptors (Lipinski definition) is 3. The standard InChI is InChI=1S/C23H15ClN4O.C2HF3O2/c24-18-8-2-1-7-17(18)22-27-21(20-10-3-4-13-28(20)22)23(29)26-19-9-5-6-15-14-25-12-11-16(15)19;3-2(4,5)1(6)7/h1-14H,(H,26,29);(H,6,7)/p+1. The van der Waals surface area contributed by atoms with Crippen LogP contribution in [0.5, 0.6) is 0 Å². The normalized spacial score (nSPS) is 11.1. The van der Waals surface area contributed by atoms with Crippen molar-refractivity contribution < 1.29 is 37.3 Å². The molecule has 0 aliphatic rings. The van der Waals surface area contributed by atoms with Crippen LogP contribution >= 0.6 is 11.6 Å². The SMILES string of the molecule is O=C(Nc1cccc2c[nH+]ccc12)c1[nH]c(-c2ccccc2Cl)[n+]2ccccc12.O=C([O-])C(F)(F)F. The molecular formula is C25H17ClF3N4O3+. The van der Waals surface area contributed by atoms with Gasteiger partial charge in [0.2, 0.25) is 5.69 Å². The lowest BCUT2D eigenvalue weighted by Crippen LogP contribution is -2.37. The molecule has 3 heterocycles. The van der Waals surface area contributed by atoms with Crippen LogP contribution < -0.4 is 19.8 Å². The Balaban J connectivity index is 0.000000384. The lowest BCUT2D eigenvalue weighted by molar-refractivity contribution is -0.498. The van der Waals surface area contributed by atoms with Crippen LogP contribution in [-0.2, 0) is 4.79 Å². The molecule has 7 nitrogen and oxygen atoms in total. The molecule has 0 saturated heterocycles. The first-order valence-corrected chi connectivity index (χ1v) is 10.8. The summed E-state index contributed by atoms with van der Waals surface area (Å²) in [6, 6.07) is 21.1. The summed E-state index contributed by atoms with van der Waals surface area (Å²) in [7, 11) is 0. The van der Waals surface area contributed by atoms with E-state index >= 15 is 0 Å². The van der Waals surface area contributed by atoms with Crippen LogP contribution in [0.3, 0.4) is 0 Å². The number of imidazole rings is 1. The zero-order valence-electron chi connectivity index (χ0n) is 18.3. The van der Waals surface area contributed by atoms with Crippen molar-refractivity contribution in [2.45, 2.75) is 6.18 Å². The van der Waals surface area contributed by atoms with Crippen LogP contribution in [0.4, 0.5) is 18.9 Å². The molecule has 5 aromatic rings. The van der Waals surface area contributed by atoms with Gasteiger partial charge < -0.3 is 15.2 Å². The molecule has 0 fully saturated rings. The lowest BCUT2D eigenvalue weighted by atomic mass is 10.1.